The number of aromatic amines is 1. The van der Waals surface area contributed by atoms with E-state index >= 15 is 0 Å². The second-order valence-corrected chi connectivity index (χ2v) is 3.15. The van der Waals surface area contributed by atoms with Gasteiger partial charge < -0.3 is 5.32 Å². The topological polar surface area (TPSA) is 74.8 Å². The van der Waals surface area contributed by atoms with Crippen LogP contribution >= 0.6 is 0 Å². The van der Waals surface area contributed by atoms with Gasteiger partial charge in [-0.1, -0.05) is 18.2 Å². The normalized spacial score (nSPS) is 9.75. The maximum atomic E-state index is 11.7. The Balaban J connectivity index is 2.17. The van der Waals surface area contributed by atoms with E-state index in [2.05, 4.69) is 15.5 Å². The zero-order valence-electron chi connectivity index (χ0n) is 8.31. The maximum absolute atomic E-state index is 11.7. The van der Waals surface area contributed by atoms with E-state index in [0.29, 0.717) is 11.3 Å². The van der Waals surface area contributed by atoms with Gasteiger partial charge in [0, 0.05) is 11.6 Å². The molecule has 0 aliphatic rings. The summed E-state index contributed by atoms with van der Waals surface area (Å²) >= 11 is 0. The Bertz CT molecular complexity index is 548. The van der Waals surface area contributed by atoms with Crippen molar-refractivity contribution in [3.05, 3.63) is 58.5 Å². The highest BCUT2D eigenvalue weighted by molar-refractivity contribution is 6.04. The summed E-state index contributed by atoms with van der Waals surface area (Å²) in [6, 6.07) is 10.0. The number of benzene rings is 1. The molecule has 1 aromatic carbocycles. The number of nitrogens with zero attached hydrogens (tertiary/aromatic N) is 1. The van der Waals surface area contributed by atoms with E-state index in [1.54, 1.807) is 24.3 Å². The van der Waals surface area contributed by atoms with Gasteiger partial charge in [-0.15, -0.1) is 0 Å². The summed E-state index contributed by atoms with van der Waals surface area (Å²) in [5.41, 5.74) is 0.547. The lowest BCUT2D eigenvalue weighted by Crippen LogP contribution is -2.15. The predicted molar refractivity (Wildman–Crippen MR) is 59.3 cm³/mol. The van der Waals surface area contributed by atoms with E-state index in [-0.39, 0.29) is 11.5 Å². The van der Waals surface area contributed by atoms with E-state index in [9.17, 15) is 9.59 Å². The molecule has 16 heavy (non-hydrogen) atoms. The Morgan fingerprint density at radius 3 is 2.69 bits per heavy atom. The second kappa shape index (κ2) is 4.39. The van der Waals surface area contributed by atoms with Crippen molar-refractivity contribution in [3.63, 3.8) is 0 Å². The van der Waals surface area contributed by atoms with Crippen LogP contribution in [0.4, 0.5) is 5.69 Å². The van der Waals surface area contributed by atoms with Gasteiger partial charge in [0.25, 0.3) is 11.5 Å². The number of aromatic nitrogens is 2. The molecule has 0 radical (unpaired) electrons. The number of H-pyrrole nitrogens is 1. The molecule has 0 fully saturated rings. The van der Waals surface area contributed by atoms with Crippen LogP contribution in [-0.2, 0) is 0 Å². The Hall–Kier alpha value is -2.43. The Morgan fingerprint density at radius 2 is 2.00 bits per heavy atom. The van der Waals surface area contributed by atoms with Crippen LogP contribution in [0, 0.1) is 0 Å². The number of carbonyl (C=O) groups is 1. The van der Waals surface area contributed by atoms with E-state index in [1.165, 1.54) is 12.3 Å². The molecule has 1 aromatic heterocycles. The third-order valence-electron chi connectivity index (χ3n) is 1.96. The molecular weight excluding hydrogens is 206 g/mol. The average Bonchev–Trinajstić information content (AvgIpc) is 2.30. The van der Waals surface area contributed by atoms with Gasteiger partial charge in [-0.2, -0.15) is 5.10 Å². The fourth-order valence-corrected chi connectivity index (χ4v) is 1.24. The third-order valence-corrected chi connectivity index (χ3v) is 1.96. The molecule has 2 aromatic rings. The van der Waals surface area contributed by atoms with Crippen molar-refractivity contribution in [1.82, 2.24) is 10.2 Å². The van der Waals surface area contributed by atoms with Gasteiger partial charge in [0.2, 0.25) is 0 Å². The molecule has 5 nitrogen and oxygen atoms in total. The third kappa shape index (κ3) is 2.33. The lowest BCUT2D eigenvalue weighted by Gasteiger charge is -2.03. The number of carbonyl (C=O) groups excluding carboxylic acids is 1. The van der Waals surface area contributed by atoms with Gasteiger partial charge in [-0.05, 0) is 12.1 Å². The fraction of sp³-hybridized carbons (Fsp3) is 0. The maximum Gasteiger partial charge on any atom is 0.266 e. The molecule has 0 saturated carbocycles. The summed E-state index contributed by atoms with van der Waals surface area (Å²) in [5.74, 6) is -0.270. The van der Waals surface area contributed by atoms with Gasteiger partial charge in [0.1, 0.15) is 0 Å². The molecule has 1 heterocycles. The van der Waals surface area contributed by atoms with Crippen LogP contribution in [0.15, 0.2) is 47.4 Å². The van der Waals surface area contributed by atoms with Crippen LogP contribution in [0.2, 0.25) is 0 Å². The molecule has 0 aliphatic carbocycles. The van der Waals surface area contributed by atoms with Crippen LogP contribution in [0.5, 0.6) is 0 Å². The minimum atomic E-state index is -0.356. The first-order chi connectivity index (χ1) is 7.75. The summed E-state index contributed by atoms with van der Waals surface area (Å²) in [5, 5.41) is 8.38. The molecule has 1 amide bonds. The van der Waals surface area contributed by atoms with E-state index in [0.717, 1.165) is 0 Å². The zero-order valence-corrected chi connectivity index (χ0v) is 8.31. The summed E-state index contributed by atoms with van der Waals surface area (Å²) in [6.07, 6.45) is 1.38. The molecule has 2 rings (SSSR count). The summed E-state index contributed by atoms with van der Waals surface area (Å²) in [7, 11) is 0. The van der Waals surface area contributed by atoms with Crippen LogP contribution in [0.3, 0.4) is 0 Å². The molecule has 0 atom stereocenters. The average molecular weight is 215 g/mol. The number of nitrogens with one attached hydrogen (secondary N) is 2. The van der Waals surface area contributed by atoms with Gasteiger partial charge in [0.15, 0.2) is 0 Å². The first-order valence-electron chi connectivity index (χ1n) is 4.67. The van der Waals surface area contributed by atoms with E-state index in [4.69, 9.17) is 0 Å². The minimum Gasteiger partial charge on any atom is -0.320 e. The lowest BCUT2D eigenvalue weighted by molar-refractivity contribution is 0.102. The van der Waals surface area contributed by atoms with E-state index < -0.39 is 0 Å². The molecule has 0 bridgehead atoms. The molecule has 0 spiro atoms. The van der Waals surface area contributed by atoms with Gasteiger partial charge in [-0.25, -0.2) is 5.10 Å². The number of hydrogen-bond donors (Lipinski definition) is 2. The quantitative estimate of drug-likeness (QED) is 0.785. The van der Waals surface area contributed by atoms with Crippen molar-refractivity contribution in [3.8, 4) is 0 Å². The highest BCUT2D eigenvalue weighted by atomic mass is 16.1. The van der Waals surface area contributed by atoms with E-state index in [1.807, 2.05) is 6.07 Å². The standard InChI is InChI=1S/C11H9N3O2/c15-10-6-9(7-12-14-10)13-11(16)8-4-2-1-3-5-8/h1-7H,(H2,13,14,15,16). The number of hydrogen-bond acceptors (Lipinski definition) is 3. The first kappa shape index (κ1) is 10.1. The van der Waals surface area contributed by atoms with Gasteiger partial charge in [-0.3, -0.25) is 9.59 Å². The van der Waals surface area contributed by atoms with Crippen molar-refractivity contribution in [2.45, 2.75) is 0 Å². The smallest absolute Gasteiger partial charge is 0.266 e. The summed E-state index contributed by atoms with van der Waals surface area (Å²) in [6.45, 7) is 0. The largest absolute Gasteiger partial charge is 0.320 e. The van der Waals surface area contributed by atoms with Crippen LogP contribution in [-0.4, -0.2) is 16.1 Å². The number of anilines is 1. The van der Waals surface area contributed by atoms with Crippen molar-refractivity contribution in [2.75, 3.05) is 5.32 Å². The summed E-state index contributed by atoms with van der Waals surface area (Å²) in [4.78, 5) is 22.6. The second-order valence-electron chi connectivity index (χ2n) is 3.15. The number of amides is 1. The number of rotatable bonds is 2. The highest BCUT2D eigenvalue weighted by Crippen LogP contribution is 2.04. The Labute approximate surface area is 91.1 Å². The molecule has 0 saturated heterocycles. The van der Waals surface area contributed by atoms with Crippen molar-refractivity contribution >= 4 is 11.6 Å². The van der Waals surface area contributed by atoms with Crippen molar-refractivity contribution in [1.29, 1.82) is 0 Å². The van der Waals surface area contributed by atoms with Crippen LogP contribution < -0.4 is 10.9 Å². The molecular formula is C11H9N3O2. The Kier molecular flexibility index (Phi) is 2.77. The summed E-state index contributed by atoms with van der Waals surface area (Å²) < 4.78 is 0. The lowest BCUT2D eigenvalue weighted by atomic mass is 10.2. The molecule has 0 aliphatic heterocycles. The van der Waals surface area contributed by atoms with Gasteiger partial charge >= 0.3 is 0 Å². The van der Waals surface area contributed by atoms with Gasteiger partial charge in [0.05, 0.1) is 11.9 Å². The molecule has 2 N–H and O–H groups in total. The first-order valence-corrected chi connectivity index (χ1v) is 4.67. The zero-order chi connectivity index (χ0) is 11.4. The SMILES string of the molecule is O=C(Nc1cn[nH]c(=O)c1)c1ccccc1. The monoisotopic (exact) mass is 215 g/mol. The Morgan fingerprint density at radius 1 is 1.25 bits per heavy atom. The highest BCUT2D eigenvalue weighted by Gasteiger charge is 2.04. The van der Waals surface area contributed by atoms with Crippen LogP contribution in [0.25, 0.3) is 0 Å². The fourth-order valence-electron chi connectivity index (χ4n) is 1.24. The minimum absolute atomic E-state index is 0.270. The molecule has 5 heteroatoms. The van der Waals surface area contributed by atoms with Crippen molar-refractivity contribution < 1.29 is 4.79 Å². The molecule has 0 unspecified atom stereocenters. The van der Waals surface area contributed by atoms with Crippen molar-refractivity contribution in [2.24, 2.45) is 0 Å². The van der Waals surface area contributed by atoms with Crippen LogP contribution in [0.1, 0.15) is 10.4 Å². The predicted octanol–water partition coefficient (Wildman–Crippen LogP) is 1.02. The molecule has 80 valence electrons.